The van der Waals surface area contributed by atoms with E-state index in [9.17, 15) is 14.4 Å². The predicted molar refractivity (Wildman–Crippen MR) is 141 cm³/mol. The van der Waals surface area contributed by atoms with Gasteiger partial charge < -0.3 is 28.7 Å². The van der Waals surface area contributed by atoms with Crippen LogP contribution in [0.4, 0.5) is 0 Å². The van der Waals surface area contributed by atoms with Gasteiger partial charge in [-0.15, -0.1) is 0 Å². The number of carbonyl (C=O) groups excluding carboxylic acids is 1. The number of aromatic nitrogens is 2. The molecule has 0 saturated carbocycles. The number of nitrogens with one attached hydrogen (secondary N) is 2. The van der Waals surface area contributed by atoms with Crippen LogP contribution in [-0.2, 0) is 23.3 Å². The highest BCUT2D eigenvalue weighted by Gasteiger charge is 2.63. The molecule has 3 heterocycles. The summed E-state index contributed by atoms with van der Waals surface area (Å²) in [6.45, 7) is 19.4. The van der Waals surface area contributed by atoms with Crippen molar-refractivity contribution in [2.24, 2.45) is 0 Å². The zero-order valence-electron chi connectivity index (χ0n) is 22.6. The third kappa shape index (κ3) is 6.52. The molecule has 0 aliphatic carbocycles. The highest BCUT2D eigenvalue weighted by Crippen LogP contribution is 2.55. The van der Waals surface area contributed by atoms with Crippen LogP contribution in [0.2, 0.25) is 0 Å². The van der Waals surface area contributed by atoms with E-state index in [-0.39, 0.29) is 49.9 Å². The van der Waals surface area contributed by atoms with Crippen molar-refractivity contribution < 1.29 is 23.3 Å². The zero-order chi connectivity index (χ0) is 28.0. The quantitative estimate of drug-likeness (QED) is 0.185. The molecular formula is C25H36N5O7P. The SMILES string of the molecule is [C-]#[N+]CCOP(OC1[C@@H]2OC[C@]1(CC)O[C@H]2n1cc(C#CCNC(C)=O)c(=O)[nH]c1=O)N(C(C)C)C(C)C. The maximum atomic E-state index is 12.8. The van der Waals surface area contributed by atoms with Gasteiger partial charge >= 0.3 is 5.69 Å². The third-order valence-corrected chi connectivity index (χ3v) is 8.43. The van der Waals surface area contributed by atoms with E-state index in [1.54, 1.807) is 0 Å². The summed E-state index contributed by atoms with van der Waals surface area (Å²) < 4.78 is 28.7. The largest absolute Gasteiger partial charge is 0.368 e. The molecule has 0 radical (unpaired) electrons. The summed E-state index contributed by atoms with van der Waals surface area (Å²) in [6.07, 6.45) is -0.152. The second-order valence-corrected chi connectivity index (χ2v) is 11.1. The summed E-state index contributed by atoms with van der Waals surface area (Å²) in [4.78, 5) is 41.9. The van der Waals surface area contributed by atoms with Crippen LogP contribution >= 0.6 is 8.53 Å². The molecule has 2 bridgehead atoms. The lowest BCUT2D eigenvalue weighted by molar-refractivity contribution is -0.175. The first-order chi connectivity index (χ1) is 18.0. The van der Waals surface area contributed by atoms with E-state index < -0.39 is 43.8 Å². The Morgan fingerprint density at radius 2 is 2.11 bits per heavy atom. The van der Waals surface area contributed by atoms with E-state index in [0.717, 1.165) is 0 Å². The van der Waals surface area contributed by atoms with Crippen molar-refractivity contribution in [1.29, 1.82) is 0 Å². The number of nitrogens with zero attached hydrogens (tertiary/aromatic N) is 3. The van der Waals surface area contributed by atoms with Crippen molar-refractivity contribution in [3.05, 3.63) is 44.0 Å². The molecule has 2 unspecified atom stereocenters. The second kappa shape index (κ2) is 13.0. The minimum Gasteiger partial charge on any atom is -0.368 e. The fourth-order valence-corrected chi connectivity index (χ4v) is 6.36. The first kappa shape index (κ1) is 30.0. The molecule has 1 aromatic rings. The molecule has 2 aliphatic rings. The number of amides is 1. The van der Waals surface area contributed by atoms with Gasteiger partial charge in [0.2, 0.25) is 12.5 Å². The van der Waals surface area contributed by atoms with Crippen LogP contribution in [0.5, 0.6) is 0 Å². The summed E-state index contributed by atoms with van der Waals surface area (Å²) in [5, 5.41) is 2.53. The van der Waals surface area contributed by atoms with Crippen LogP contribution in [0.3, 0.4) is 0 Å². The number of hydrogen-bond acceptors (Lipinski definition) is 8. The molecule has 1 amide bonds. The molecule has 13 heteroatoms. The van der Waals surface area contributed by atoms with Gasteiger partial charge in [0.05, 0.1) is 13.2 Å². The summed E-state index contributed by atoms with van der Waals surface area (Å²) in [7, 11) is -1.57. The Balaban J connectivity index is 1.93. The van der Waals surface area contributed by atoms with Gasteiger partial charge in [0.15, 0.2) is 6.23 Å². The summed E-state index contributed by atoms with van der Waals surface area (Å²) in [5.41, 5.74) is -2.06. The Labute approximate surface area is 223 Å². The second-order valence-electron chi connectivity index (χ2n) is 9.67. The van der Waals surface area contributed by atoms with Crippen molar-refractivity contribution in [3.63, 3.8) is 0 Å². The molecule has 2 N–H and O–H groups in total. The Morgan fingerprint density at radius 1 is 1.39 bits per heavy atom. The minimum atomic E-state index is -1.57. The van der Waals surface area contributed by atoms with Crippen LogP contribution in [0.1, 0.15) is 59.8 Å². The van der Waals surface area contributed by atoms with E-state index >= 15 is 0 Å². The number of hydrogen-bond donors (Lipinski definition) is 2. The maximum absolute atomic E-state index is 12.8. The van der Waals surface area contributed by atoms with E-state index in [0.29, 0.717) is 6.42 Å². The monoisotopic (exact) mass is 549 g/mol. The fraction of sp³-hybridized carbons (Fsp3) is 0.680. The number of H-pyrrole nitrogens is 1. The van der Waals surface area contributed by atoms with Crippen molar-refractivity contribution in [1.82, 2.24) is 19.5 Å². The van der Waals surface area contributed by atoms with Crippen LogP contribution < -0.4 is 16.6 Å². The summed E-state index contributed by atoms with van der Waals surface area (Å²) in [6, 6.07) is 0.229. The Morgan fingerprint density at radius 3 is 2.71 bits per heavy atom. The molecule has 3 rings (SSSR count). The van der Waals surface area contributed by atoms with Crippen LogP contribution in [0.25, 0.3) is 4.85 Å². The highest BCUT2D eigenvalue weighted by atomic mass is 31.2. The van der Waals surface area contributed by atoms with Crippen LogP contribution in [0.15, 0.2) is 15.8 Å². The van der Waals surface area contributed by atoms with Gasteiger partial charge in [0.1, 0.15) is 30.0 Å². The lowest BCUT2D eigenvalue weighted by Gasteiger charge is -2.38. The third-order valence-electron chi connectivity index (χ3n) is 6.32. The molecule has 5 atom stereocenters. The molecular weight excluding hydrogens is 513 g/mol. The Hall–Kier alpha value is -2.57. The standard InChI is InChI=1S/C25H36N5O7P/c1-8-25-15-34-20(21(25)37-38(35-13-12-26-7)30(16(2)3)17(4)5)23(36-25)29-14-19(22(32)28-24(29)33)10-9-11-27-18(6)31/h14,16-17,20-21,23H,8,11-13,15H2,1-6H3,(H,27,31)(H,28,32,33)/t20-,21?,23+,25-,38?/m0/s1. The van der Waals surface area contributed by atoms with Crippen molar-refractivity contribution in [2.75, 3.05) is 26.3 Å². The lowest BCUT2D eigenvalue weighted by Crippen LogP contribution is -2.43. The Bertz CT molecular complexity index is 1210. The van der Waals surface area contributed by atoms with E-state index in [1.807, 2.05) is 6.92 Å². The number of ether oxygens (including phenoxy) is 2. The molecule has 12 nitrogen and oxygen atoms in total. The van der Waals surface area contributed by atoms with E-state index in [2.05, 4.69) is 59.4 Å². The predicted octanol–water partition coefficient (Wildman–Crippen LogP) is 1.77. The molecule has 2 fully saturated rings. The maximum Gasteiger partial charge on any atom is 0.330 e. The normalized spacial score (nSPS) is 24.9. The van der Waals surface area contributed by atoms with Gasteiger partial charge in [-0.1, -0.05) is 18.8 Å². The molecule has 1 aromatic heterocycles. The average molecular weight is 550 g/mol. The first-order valence-electron chi connectivity index (χ1n) is 12.6. The number of rotatable bonds is 11. The average Bonchev–Trinajstić information content (AvgIpc) is 3.34. The number of fused-ring (bicyclic) bond motifs is 2. The molecule has 2 aliphatic heterocycles. The number of aromatic amines is 1. The van der Waals surface area contributed by atoms with E-state index in [1.165, 1.54) is 17.7 Å². The van der Waals surface area contributed by atoms with E-state index in [4.69, 9.17) is 25.1 Å². The molecule has 208 valence electrons. The zero-order valence-corrected chi connectivity index (χ0v) is 23.5. The molecule has 2 saturated heterocycles. The lowest BCUT2D eigenvalue weighted by atomic mass is 9.96. The van der Waals surface area contributed by atoms with Gasteiger partial charge in [-0.2, -0.15) is 0 Å². The van der Waals surface area contributed by atoms with Crippen molar-refractivity contribution >= 4 is 14.4 Å². The van der Waals surface area contributed by atoms with Gasteiger partial charge in [0.25, 0.3) is 14.1 Å². The molecule has 0 aromatic carbocycles. The van der Waals surface area contributed by atoms with Gasteiger partial charge in [-0.3, -0.25) is 19.1 Å². The van der Waals surface area contributed by atoms with Gasteiger partial charge in [-0.05, 0) is 34.1 Å². The summed E-state index contributed by atoms with van der Waals surface area (Å²) in [5.74, 6) is 5.15. The summed E-state index contributed by atoms with van der Waals surface area (Å²) >= 11 is 0. The van der Waals surface area contributed by atoms with Gasteiger partial charge in [-0.25, -0.2) is 16.0 Å². The first-order valence-corrected chi connectivity index (χ1v) is 13.8. The molecule has 38 heavy (non-hydrogen) atoms. The van der Waals surface area contributed by atoms with Crippen LogP contribution in [-0.4, -0.2) is 76.3 Å². The number of carbonyl (C=O) groups is 1. The van der Waals surface area contributed by atoms with Gasteiger partial charge in [0, 0.05) is 25.2 Å². The van der Waals surface area contributed by atoms with Crippen molar-refractivity contribution in [2.45, 2.75) is 84.1 Å². The van der Waals surface area contributed by atoms with Crippen LogP contribution in [0, 0.1) is 18.4 Å². The highest BCUT2D eigenvalue weighted by molar-refractivity contribution is 7.44. The topological polar surface area (TPSA) is 128 Å². The van der Waals surface area contributed by atoms with Crippen molar-refractivity contribution in [3.8, 4) is 11.8 Å². The minimum absolute atomic E-state index is 0.0554. The fourth-order valence-electron chi connectivity index (χ4n) is 4.56. The molecule has 0 spiro atoms. The Kier molecular flexibility index (Phi) is 10.2. The smallest absolute Gasteiger partial charge is 0.330 e.